The monoisotopic (exact) mass is 324 g/mol. The van der Waals surface area contributed by atoms with Gasteiger partial charge in [-0.2, -0.15) is 0 Å². The van der Waals surface area contributed by atoms with E-state index in [-0.39, 0.29) is 12.7 Å². The molecule has 0 aromatic heterocycles. The summed E-state index contributed by atoms with van der Waals surface area (Å²) in [7, 11) is 0. The summed E-state index contributed by atoms with van der Waals surface area (Å²) in [5.74, 6) is -0.439. The molecule has 128 valence electrons. The van der Waals surface area contributed by atoms with Crippen molar-refractivity contribution in [2.24, 2.45) is 10.8 Å². The van der Waals surface area contributed by atoms with Crippen LogP contribution in [0.1, 0.15) is 33.6 Å². The third-order valence-corrected chi connectivity index (χ3v) is 6.83. The summed E-state index contributed by atoms with van der Waals surface area (Å²) < 4.78 is 17.6. The highest BCUT2D eigenvalue weighted by atomic mass is 16.7. The van der Waals surface area contributed by atoms with Gasteiger partial charge in [0.05, 0.1) is 24.7 Å². The van der Waals surface area contributed by atoms with Gasteiger partial charge in [0.15, 0.2) is 0 Å². The zero-order chi connectivity index (χ0) is 16.6. The second-order valence-corrected chi connectivity index (χ2v) is 7.71. The number of allylic oxidation sites excluding steroid dienone is 1. The Hall–Kier alpha value is -0.950. The molecule has 1 spiro atoms. The molecule has 4 rings (SSSR count). The maximum atomic E-state index is 11.6. The van der Waals surface area contributed by atoms with Crippen LogP contribution in [0.5, 0.6) is 0 Å². The van der Waals surface area contributed by atoms with Gasteiger partial charge in [0.1, 0.15) is 23.9 Å². The van der Waals surface area contributed by atoms with Crippen LogP contribution in [0.15, 0.2) is 11.6 Å². The molecule has 6 nitrogen and oxygen atoms in total. The standard InChI is InChI=1S/C17H24O6/c1-9-4-5-16(7-18)11(6-9)23-14-12(20)13(22-10(2)19)15(16,3)17(14)8-21-17/h6,11-14,18,20H,4-5,7-8H2,1-3H3/t11-,12-,13+,14-,15-,16-,17-/m0/s1. The molecule has 0 amide bonds. The SMILES string of the molecule is CC(=O)O[C@@H]1[C@H](O)[C@@H]2O[C@H]3C=C(C)CC[C@@]3(CO)[C@@]1(C)[C@]21CO1. The first-order chi connectivity index (χ1) is 10.8. The molecule has 4 aliphatic rings. The van der Waals surface area contributed by atoms with Gasteiger partial charge in [-0.1, -0.05) is 18.6 Å². The highest BCUT2D eigenvalue weighted by Crippen LogP contribution is 2.71. The van der Waals surface area contributed by atoms with Crippen LogP contribution in [0.25, 0.3) is 0 Å². The molecule has 7 atom stereocenters. The van der Waals surface area contributed by atoms with Gasteiger partial charge in [-0.25, -0.2) is 0 Å². The van der Waals surface area contributed by atoms with E-state index in [1.54, 1.807) is 0 Å². The summed E-state index contributed by atoms with van der Waals surface area (Å²) in [5, 5.41) is 21.1. The number of epoxide rings is 1. The molecule has 23 heavy (non-hydrogen) atoms. The Labute approximate surface area is 135 Å². The smallest absolute Gasteiger partial charge is 0.303 e. The van der Waals surface area contributed by atoms with Gasteiger partial charge in [0.2, 0.25) is 0 Å². The third kappa shape index (κ3) is 1.60. The van der Waals surface area contributed by atoms with E-state index in [1.807, 2.05) is 19.9 Å². The Kier molecular flexibility index (Phi) is 3.09. The molecule has 1 saturated carbocycles. The number of aliphatic hydroxyl groups is 2. The quantitative estimate of drug-likeness (QED) is 0.438. The number of fused-ring (bicyclic) bond motifs is 2. The Morgan fingerprint density at radius 1 is 1.52 bits per heavy atom. The number of ether oxygens (including phenoxy) is 3. The normalized spacial score (nSPS) is 53.7. The van der Waals surface area contributed by atoms with Gasteiger partial charge in [-0.15, -0.1) is 0 Å². The van der Waals surface area contributed by atoms with Crippen LogP contribution >= 0.6 is 0 Å². The third-order valence-electron chi connectivity index (χ3n) is 6.83. The predicted molar refractivity (Wildman–Crippen MR) is 79.5 cm³/mol. The first-order valence-electron chi connectivity index (χ1n) is 8.25. The van der Waals surface area contributed by atoms with Gasteiger partial charge in [-0.05, 0) is 19.8 Å². The molecule has 2 N–H and O–H groups in total. The van der Waals surface area contributed by atoms with Crippen molar-refractivity contribution in [2.45, 2.75) is 63.6 Å². The van der Waals surface area contributed by atoms with Crippen molar-refractivity contribution in [1.29, 1.82) is 0 Å². The molecule has 2 aliphatic carbocycles. The molecule has 2 heterocycles. The van der Waals surface area contributed by atoms with E-state index in [9.17, 15) is 15.0 Å². The first kappa shape index (κ1) is 15.6. The minimum atomic E-state index is -0.950. The van der Waals surface area contributed by atoms with E-state index >= 15 is 0 Å². The Bertz CT molecular complexity index is 582. The van der Waals surface area contributed by atoms with Crippen LogP contribution in [0.3, 0.4) is 0 Å². The number of hydrogen-bond donors (Lipinski definition) is 2. The van der Waals surface area contributed by atoms with Crippen LogP contribution in [0.4, 0.5) is 0 Å². The molecular formula is C17H24O6. The van der Waals surface area contributed by atoms with Gasteiger partial charge in [0, 0.05) is 12.3 Å². The van der Waals surface area contributed by atoms with Gasteiger partial charge in [0.25, 0.3) is 0 Å². The van der Waals surface area contributed by atoms with Gasteiger partial charge >= 0.3 is 5.97 Å². The largest absolute Gasteiger partial charge is 0.459 e. The Morgan fingerprint density at radius 2 is 2.22 bits per heavy atom. The van der Waals surface area contributed by atoms with Crippen molar-refractivity contribution in [2.75, 3.05) is 13.2 Å². The minimum absolute atomic E-state index is 0.0970. The van der Waals surface area contributed by atoms with E-state index in [0.29, 0.717) is 6.61 Å². The van der Waals surface area contributed by atoms with E-state index in [4.69, 9.17) is 14.2 Å². The van der Waals surface area contributed by atoms with E-state index in [1.165, 1.54) is 12.5 Å². The van der Waals surface area contributed by atoms with Crippen molar-refractivity contribution in [1.82, 2.24) is 0 Å². The molecule has 3 fully saturated rings. The van der Waals surface area contributed by atoms with E-state index in [2.05, 4.69) is 0 Å². The second-order valence-electron chi connectivity index (χ2n) is 7.71. The summed E-state index contributed by atoms with van der Waals surface area (Å²) in [6, 6.07) is 0. The van der Waals surface area contributed by atoms with E-state index < -0.39 is 40.7 Å². The molecule has 0 aromatic rings. The van der Waals surface area contributed by atoms with Crippen LogP contribution in [-0.2, 0) is 19.0 Å². The van der Waals surface area contributed by atoms with E-state index in [0.717, 1.165) is 12.8 Å². The number of aliphatic hydroxyl groups excluding tert-OH is 2. The van der Waals surface area contributed by atoms with Crippen molar-refractivity contribution >= 4 is 5.97 Å². The average Bonchev–Trinajstić information content (AvgIpc) is 3.28. The molecule has 6 heteroatoms. The van der Waals surface area contributed by atoms with Crippen molar-refractivity contribution in [3.8, 4) is 0 Å². The molecule has 0 radical (unpaired) electrons. The molecule has 2 bridgehead atoms. The van der Waals surface area contributed by atoms with Crippen molar-refractivity contribution in [3.05, 3.63) is 11.6 Å². The zero-order valence-corrected chi connectivity index (χ0v) is 13.7. The number of carbonyl (C=O) groups is 1. The topological polar surface area (TPSA) is 88.5 Å². The minimum Gasteiger partial charge on any atom is -0.459 e. The molecule has 0 unspecified atom stereocenters. The maximum Gasteiger partial charge on any atom is 0.303 e. The van der Waals surface area contributed by atoms with Crippen LogP contribution in [-0.4, -0.2) is 59.4 Å². The summed E-state index contributed by atoms with van der Waals surface area (Å²) >= 11 is 0. The van der Waals surface area contributed by atoms with Crippen molar-refractivity contribution in [3.63, 3.8) is 0 Å². The molecular weight excluding hydrogens is 300 g/mol. The Morgan fingerprint density at radius 3 is 2.78 bits per heavy atom. The predicted octanol–water partition coefficient (Wildman–Crippen LogP) is 0.554. The fourth-order valence-corrected chi connectivity index (χ4v) is 5.40. The fraction of sp³-hybridized carbons (Fsp3) is 0.824. The average molecular weight is 324 g/mol. The second kappa shape index (κ2) is 4.57. The number of hydrogen-bond acceptors (Lipinski definition) is 6. The van der Waals surface area contributed by atoms with Gasteiger partial charge < -0.3 is 24.4 Å². The van der Waals surface area contributed by atoms with Crippen molar-refractivity contribution < 1.29 is 29.2 Å². The lowest BCUT2D eigenvalue weighted by molar-refractivity contribution is -0.229. The number of carbonyl (C=O) groups excluding carboxylic acids is 1. The summed E-state index contributed by atoms with van der Waals surface area (Å²) in [4.78, 5) is 11.6. The summed E-state index contributed by atoms with van der Waals surface area (Å²) in [6.07, 6.45) is 1.08. The zero-order valence-electron chi connectivity index (χ0n) is 13.7. The lowest BCUT2D eigenvalue weighted by Gasteiger charge is -2.57. The molecule has 2 aliphatic heterocycles. The fourth-order valence-electron chi connectivity index (χ4n) is 5.40. The highest BCUT2D eigenvalue weighted by Gasteiger charge is 2.85. The van der Waals surface area contributed by atoms with Crippen LogP contribution in [0.2, 0.25) is 0 Å². The highest BCUT2D eigenvalue weighted by molar-refractivity contribution is 5.66. The number of rotatable bonds is 2. The lowest BCUT2D eigenvalue weighted by atomic mass is 9.51. The maximum absolute atomic E-state index is 11.6. The number of esters is 1. The van der Waals surface area contributed by atoms with Crippen LogP contribution in [0, 0.1) is 10.8 Å². The molecule has 0 aromatic carbocycles. The Balaban J connectivity index is 1.88. The first-order valence-corrected chi connectivity index (χ1v) is 8.25. The summed E-state index contributed by atoms with van der Waals surface area (Å²) in [6.45, 7) is 5.73. The molecule has 2 saturated heterocycles. The van der Waals surface area contributed by atoms with Crippen LogP contribution < -0.4 is 0 Å². The lowest BCUT2D eigenvalue weighted by Crippen LogP contribution is -2.66. The summed E-state index contributed by atoms with van der Waals surface area (Å²) in [5.41, 5.74) is -0.777. The van der Waals surface area contributed by atoms with Gasteiger partial charge in [-0.3, -0.25) is 4.79 Å².